The van der Waals surface area contributed by atoms with Crippen molar-refractivity contribution in [3.8, 4) is 11.5 Å². The standard InChI is InChI=1S/C21H20ClFN2O4/c1-28-18-7-12-5-6-24(11-13(12)8-19(18)29-2)17-10-20(26)25(21(17)27)14-3-4-16(23)15(22)9-14/h3-4,7-9,17H,5-6,10-11H2,1-2H3/t17-/m0/s1. The van der Waals surface area contributed by atoms with Gasteiger partial charge < -0.3 is 9.47 Å². The molecule has 1 fully saturated rings. The maximum atomic E-state index is 13.5. The summed E-state index contributed by atoms with van der Waals surface area (Å²) in [7, 11) is 3.17. The van der Waals surface area contributed by atoms with Crippen LogP contribution in [0.15, 0.2) is 30.3 Å². The number of methoxy groups -OCH3 is 2. The van der Waals surface area contributed by atoms with Gasteiger partial charge in [-0.2, -0.15) is 0 Å². The second-order valence-electron chi connectivity index (χ2n) is 7.08. The minimum absolute atomic E-state index is 0.0798. The zero-order valence-corrected chi connectivity index (χ0v) is 16.8. The van der Waals surface area contributed by atoms with Gasteiger partial charge in [0.2, 0.25) is 5.91 Å². The molecule has 0 saturated carbocycles. The fraction of sp³-hybridized carbons (Fsp3) is 0.333. The molecule has 2 aromatic rings. The number of hydrogen-bond donors (Lipinski definition) is 0. The van der Waals surface area contributed by atoms with E-state index in [2.05, 4.69) is 0 Å². The molecule has 1 atom stereocenters. The van der Waals surface area contributed by atoms with Crippen molar-refractivity contribution in [1.82, 2.24) is 4.90 Å². The van der Waals surface area contributed by atoms with Crippen molar-refractivity contribution in [2.24, 2.45) is 0 Å². The Labute approximate surface area is 172 Å². The van der Waals surface area contributed by atoms with Crippen LogP contribution in [-0.2, 0) is 22.6 Å². The summed E-state index contributed by atoms with van der Waals surface area (Å²) in [5.74, 6) is 0.0705. The van der Waals surface area contributed by atoms with Crippen LogP contribution in [0.2, 0.25) is 5.02 Å². The van der Waals surface area contributed by atoms with Crippen LogP contribution < -0.4 is 14.4 Å². The van der Waals surface area contributed by atoms with Gasteiger partial charge in [-0.05, 0) is 47.9 Å². The minimum atomic E-state index is -0.594. The van der Waals surface area contributed by atoms with Gasteiger partial charge >= 0.3 is 0 Å². The number of nitrogens with zero attached hydrogens (tertiary/aromatic N) is 2. The molecule has 4 rings (SSSR count). The number of imide groups is 1. The highest BCUT2D eigenvalue weighted by atomic mass is 35.5. The second-order valence-corrected chi connectivity index (χ2v) is 7.49. The molecular formula is C21H20ClFN2O4. The molecule has 2 aliphatic rings. The highest BCUT2D eigenvalue weighted by Crippen LogP contribution is 2.35. The summed E-state index contributed by atoms with van der Waals surface area (Å²) in [5, 5.41) is -0.125. The van der Waals surface area contributed by atoms with Crippen LogP contribution >= 0.6 is 11.6 Å². The van der Waals surface area contributed by atoms with Gasteiger partial charge in [-0.15, -0.1) is 0 Å². The summed E-state index contributed by atoms with van der Waals surface area (Å²) in [5.41, 5.74) is 2.47. The Morgan fingerprint density at radius 2 is 1.76 bits per heavy atom. The minimum Gasteiger partial charge on any atom is -0.493 e. The molecule has 6 nitrogen and oxygen atoms in total. The predicted octanol–water partition coefficient (Wildman–Crippen LogP) is 3.19. The van der Waals surface area contributed by atoms with E-state index in [4.69, 9.17) is 21.1 Å². The Kier molecular flexibility index (Phi) is 5.19. The summed E-state index contributed by atoms with van der Waals surface area (Å²) in [6.45, 7) is 1.17. The molecule has 8 heteroatoms. The molecule has 2 amide bonds. The van der Waals surface area contributed by atoms with Gasteiger partial charge in [-0.3, -0.25) is 14.5 Å². The first-order chi connectivity index (χ1) is 13.9. The number of amides is 2. The van der Waals surface area contributed by atoms with Crippen molar-refractivity contribution in [2.75, 3.05) is 25.7 Å². The molecule has 2 aromatic carbocycles. The fourth-order valence-electron chi connectivity index (χ4n) is 3.97. The lowest BCUT2D eigenvalue weighted by atomic mass is 9.97. The lowest BCUT2D eigenvalue weighted by Gasteiger charge is -2.32. The first-order valence-electron chi connectivity index (χ1n) is 9.22. The highest BCUT2D eigenvalue weighted by molar-refractivity contribution is 6.31. The zero-order chi connectivity index (χ0) is 20.7. The number of halogens is 2. The van der Waals surface area contributed by atoms with Gasteiger partial charge in [0.25, 0.3) is 5.91 Å². The van der Waals surface area contributed by atoms with Crippen molar-refractivity contribution in [1.29, 1.82) is 0 Å². The molecular weight excluding hydrogens is 399 g/mol. The summed E-state index contributed by atoms with van der Waals surface area (Å²) in [6, 6.07) is 7.16. The number of carbonyl (C=O) groups excluding carboxylic acids is 2. The number of rotatable bonds is 4. The van der Waals surface area contributed by atoms with Crippen molar-refractivity contribution in [3.63, 3.8) is 0 Å². The van der Waals surface area contributed by atoms with Gasteiger partial charge in [0.05, 0.1) is 37.4 Å². The van der Waals surface area contributed by atoms with Gasteiger partial charge in [0.15, 0.2) is 11.5 Å². The quantitative estimate of drug-likeness (QED) is 0.714. The van der Waals surface area contributed by atoms with Crippen molar-refractivity contribution in [2.45, 2.75) is 25.4 Å². The van der Waals surface area contributed by atoms with E-state index in [1.807, 2.05) is 17.0 Å². The molecule has 2 aliphatic heterocycles. The van der Waals surface area contributed by atoms with E-state index in [-0.39, 0.29) is 28.9 Å². The van der Waals surface area contributed by atoms with E-state index >= 15 is 0 Å². The maximum absolute atomic E-state index is 13.5. The molecule has 0 bridgehead atoms. The summed E-state index contributed by atoms with van der Waals surface area (Å²) >= 11 is 5.83. The van der Waals surface area contributed by atoms with Gasteiger partial charge in [0.1, 0.15) is 5.82 Å². The van der Waals surface area contributed by atoms with Crippen LogP contribution in [-0.4, -0.2) is 43.5 Å². The average Bonchev–Trinajstić information content (AvgIpc) is 3.02. The lowest BCUT2D eigenvalue weighted by Crippen LogP contribution is -2.44. The second kappa shape index (κ2) is 7.65. The normalized spacial score (nSPS) is 19.4. The Hall–Kier alpha value is -2.64. The Balaban J connectivity index is 1.58. The van der Waals surface area contributed by atoms with Crippen LogP contribution in [0, 0.1) is 5.82 Å². The van der Waals surface area contributed by atoms with Crippen molar-refractivity contribution >= 4 is 29.1 Å². The molecule has 0 aliphatic carbocycles. The first-order valence-corrected chi connectivity index (χ1v) is 9.60. The summed E-state index contributed by atoms with van der Waals surface area (Å²) < 4.78 is 24.2. The number of fused-ring (bicyclic) bond motifs is 1. The number of ether oxygens (including phenoxy) is 2. The van der Waals surface area contributed by atoms with Gasteiger partial charge in [0, 0.05) is 13.1 Å². The number of hydrogen-bond acceptors (Lipinski definition) is 5. The smallest absolute Gasteiger partial charge is 0.251 e. The number of benzene rings is 2. The maximum Gasteiger partial charge on any atom is 0.251 e. The SMILES string of the molecule is COc1cc2c(cc1OC)CN([C@H]1CC(=O)N(c3ccc(F)c(Cl)c3)C1=O)CC2. The highest BCUT2D eigenvalue weighted by Gasteiger charge is 2.43. The van der Waals surface area contributed by atoms with Crippen molar-refractivity contribution in [3.05, 3.63) is 52.3 Å². The third-order valence-electron chi connectivity index (χ3n) is 5.47. The van der Waals surface area contributed by atoms with E-state index in [0.29, 0.717) is 24.6 Å². The Morgan fingerprint density at radius 3 is 2.41 bits per heavy atom. The molecule has 1 saturated heterocycles. The largest absolute Gasteiger partial charge is 0.493 e. The van der Waals surface area contributed by atoms with E-state index in [9.17, 15) is 14.0 Å². The summed E-state index contributed by atoms with van der Waals surface area (Å²) in [6.07, 6.45) is 0.812. The van der Waals surface area contributed by atoms with Gasteiger partial charge in [-0.25, -0.2) is 9.29 Å². The first kappa shape index (κ1) is 19.7. The number of carbonyl (C=O) groups is 2. The van der Waals surface area contributed by atoms with E-state index in [1.54, 1.807) is 14.2 Å². The summed E-state index contributed by atoms with van der Waals surface area (Å²) in [4.78, 5) is 28.7. The molecule has 0 spiro atoms. The Morgan fingerprint density at radius 1 is 1.07 bits per heavy atom. The van der Waals surface area contributed by atoms with Crippen LogP contribution in [0.1, 0.15) is 17.5 Å². The molecule has 29 heavy (non-hydrogen) atoms. The molecule has 2 heterocycles. The third-order valence-corrected chi connectivity index (χ3v) is 5.76. The van der Waals surface area contributed by atoms with Crippen LogP contribution in [0.3, 0.4) is 0 Å². The van der Waals surface area contributed by atoms with Crippen LogP contribution in [0.25, 0.3) is 0 Å². The lowest BCUT2D eigenvalue weighted by molar-refractivity contribution is -0.123. The molecule has 0 N–H and O–H groups in total. The van der Waals surface area contributed by atoms with E-state index in [0.717, 1.165) is 28.5 Å². The molecule has 0 aromatic heterocycles. The number of anilines is 1. The third kappa shape index (κ3) is 3.45. The van der Waals surface area contributed by atoms with E-state index < -0.39 is 11.9 Å². The van der Waals surface area contributed by atoms with Crippen LogP contribution in [0.4, 0.5) is 10.1 Å². The molecule has 0 unspecified atom stereocenters. The topological polar surface area (TPSA) is 59.1 Å². The molecule has 0 radical (unpaired) electrons. The zero-order valence-electron chi connectivity index (χ0n) is 16.1. The van der Waals surface area contributed by atoms with Gasteiger partial charge in [-0.1, -0.05) is 11.6 Å². The Bertz CT molecular complexity index is 997. The fourth-order valence-corrected chi connectivity index (χ4v) is 4.14. The monoisotopic (exact) mass is 418 g/mol. The van der Waals surface area contributed by atoms with Crippen LogP contribution in [0.5, 0.6) is 11.5 Å². The average molecular weight is 419 g/mol. The van der Waals surface area contributed by atoms with Crippen molar-refractivity contribution < 1.29 is 23.5 Å². The predicted molar refractivity (Wildman–Crippen MR) is 106 cm³/mol. The molecule has 152 valence electrons. The van der Waals surface area contributed by atoms with E-state index in [1.165, 1.54) is 12.1 Å².